The summed E-state index contributed by atoms with van der Waals surface area (Å²) in [6, 6.07) is 13.8. The van der Waals surface area contributed by atoms with Gasteiger partial charge in [-0.3, -0.25) is 9.20 Å². The quantitative estimate of drug-likeness (QED) is 0.544. The molecule has 1 N–H and O–H groups in total. The number of fused-ring (bicyclic) bond motifs is 1. The normalized spacial score (nSPS) is 10.7. The molecule has 27 heavy (non-hydrogen) atoms. The molecule has 0 unspecified atom stereocenters. The highest BCUT2D eigenvalue weighted by Gasteiger charge is 2.11. The summed E-state index contributed by atoms with van der Waals surface area (Å²) in [5.74, 6) is -0.691. The molecule has 0 aliphatic rings. The van der Waals surface area contributed by atoms with Crippen LogP contribution in [0.15, 0.2) is 66.3 Å². The molecular formula is C20H15N3O3S. The molecule has 4 aromatic rings. The number of rotatable bonds is 4. The fourth-order valence-corrected chi connectivity index (χ4v) is 3.40. The highest BCUT2D eigenvalue weighted by Crippen LogP contribution is 2.24. The molecule has 7 heteroatoms. The van der Waals surface area contributed by atoms with Crippen LogP contribution >= 0.6 is 11.3 Å². The van der Waals surface area contributed by atoms with E-state index in [-0.39, 0.29) is 5.91 Å². The van der Waals surface area contributed by atoms with Gasteiger partial charge in [-0.2, -0.15) is 0 Å². The Morgan fingerprint density at radius 2 is 1.89 bits per heavy atom. The van der Waals surface area contributed by atoms with E-state index < -0.39 is 5.97 Å². The third-order valence-corrected chi connectivity index (χ3v) is 4.85. The van der Waals surface area contributed by atoms with Gasteiger partial charge in [0.25, 0.3) is 5.91 Å². The maximum atomic E-state index is 12.5. The van der Waals surface area contributed by atoms with Crippen LogP contribution in [0.4, 0.5) is 5.69 Å². The molecule has 2 aromatic heterocycles. The average molecular weight is 377 g/mol. The fourth-order valence-electron chi connectivity index (χ4n) is 2.70. The molecule has 0 spiro atoms. The Balaban J connectivity index is 1.53. The molecular weight excluding hydrogens is 362 g/mol. The van der Waals surface area contributed by atoms with Crippen molar-refractivity contribution in [2.45, 2.75) is 0 Å². The third-order valence-electron chi connectivity index (χ3n) is 4.08. The molecule has 0 fully saturated rings. The van der Waals surface area contributed by atoms with Gasteiger partial charge in [-0.05, 0) is 36.4 Å². The lowest BCUT2D eigenvalue weighted by molar-refractivity contribution is 0.0600. The number of methoxy groups -OCH3 is 1. The van der Waals surface area contributed by atoms with Crippen molar-refractivity contribution < 1.29 is 14.3 Å². The van der Waals surface area contributed by atoms with Crippen molar-refractivity contribution in [1.82, 2.24) is 9.38 Å². The number of nitrogens with one attached hydrogen (secondary N) is 1. The molecule has 134 valence electrons. The average Bonchev–Trinajstić information content (AvgIpc) is 3.30. The maximum Gasteiger partial charge on any atom is 0.337 e. The van der Waals surface area contributed by atoms with E-state index in [1.165, 1.54) is 7.11 Å². The molecule has 1 amide bonds. The molecule has 2 heterocycles. The maximum absolute atomic E-state index is 12.5. The molecule has 6 nitrogen and oxygen atoms in total. The van der Waals surface area contributed by atoms with Crippen molar-refractivity contribution >= 4 is 33.9 Å². The molecule has 0 radical (unpaired) electrons. The first kappa shape index (κ1) is 17.0. The van der Waals surface area contributed by atoms with Gasteiger partial charge in [-0.1, -0.05) is 12.1 Å². The van der Waals surface area contributed by atoms with Crippen LogP contribution in [-0.2, 0) is 4.74 Å². The third kappa shape index (κ3) is 3.45. The largest absolute Gasteiger partial charge is 0.465 e. The molecule has 0 aliphatic heterocycles. The van der Waals surface area contributed by atoms with Crippen LogP contribution < -0.4 is 5.32 Å². The highest BCUT2D eigenvalue weighted by atomic mass is 32.1. The fraction of sp³-hybridized carbons (Fsp3) is 0.0500. The van der Waals surface area contributed by atoms with E-state index in [9.17, 15) is 9.59 Å². The van der Waals surface area contributed by atoms with Crippen molar-refractivity contribution in [3.05, 3.63) is 77.4 Å². The Labute approximate surface area is 159 Å². The minimum Gasteiger partial charge on any atom is -0.465 e. The number of nitrogens with zero attached hydrogens (tertiary/aromatic N) is 2. The van der Waals surface area contributed by atoms with Crippen LogP contribution in [0.3, 0.4) is 0 Å². The first-order valence-electron chi connectivity index (χ1n) is 8.16. The van der Waals surface area contributed by atoms with Gasteiger partial charge in [-0.15, -0.1) is 11.3 Å². The number of anilines is 1. The summed E-state index contributed by atoms with van der Waals surface area (Å²) >= 11 is 1.57. The van der Waals surface area contributed by atoms with E-state index in [4.69, 9.17) is 0 Å². The number of carbonyl (C=O) groups is 2. The molecule has 0 saturated carbocycles. The molecule has 0 bridgehead atoms. The summed E-state index contributed by atoms with van der Waals surface area (Å²) in [6.45, 7) is 0. The van der Waals surface area contributed by atoms with E-state index in [0.717, 1.165) is 16.2 Å². The Kier molecular flexibility index (Phi) is 4.43. The van der Waals surface area contributed by atoms with Gasteiger partial charge < -0.3 is 10.1 Å². The Bertz CT molecular complexity index is 1100. The number of benzene rings is 2. The summed E-state index contributed by atoms with van der Waals surface area (Å²) in [5.41, 5.74) is 3.29. The second-order valence-corrected chi connectivity index (χ2v) is 6.70. The Morgan fingerprint density at radius 3 is 2.63 bits per heavy atom. The summed E-state index contributed by atoms with van der Waals surface area (Å²) in [4.78, 5) is 29.4. The zero-order valence-electron chi connectivity index (χ0n) is 14.4. The zero-order chi connectivity index (χ0) is 18.8. The lowest BCUT2D eigenvalue weighted by atomic mass is 10.1. The van der Waals surface area contributed by atoms with E-state index in [1.807, 2.05) is 46.4 Å². The van der Waals surface area contributed by atoms with E-state index in [0.29, 0.717) is 16.8 Å². The van der Waals surface area contributed by atoms with Crippen molar-refractivity contribution in [2.75, 3.05) is 12.4 Å². The first-order chi connectivity index (χ1) is 13.1. The molecule has 4 rings (SSSR count). The Morgan fingerprint density at radius 1 is 1.11 bits per heavy atom. The predicted octanol–water partition coefficient (Wildman–Crippen LogP) is 4.10. The van der Waals surface area contributed by atoms with Gasteiger partial charge in [0.2, 0.25) is 0 Å². The number of hydrogen-bond donors (Lipinski definition) is 1. The standard InChI is InChI=1S/C20H15N3O3S/c1-26-19(25)14-7-5-13(6-8-14)18(24)21-16-4-2-3-15(11-16)17-12-23-9-10-27-20(23)22-17/h2-12H,1H3,(H,21,24). The topological polar surface area (TPSA) is 72.7 Å². The predicted molar refractivity (Wildman–Crippen MR) is 104 cm³/mol. The van der Waals surface area contributed by atoms with Gasteiger partial charge in [0.15, 0.2) is 4.96 Å². The summed E-state index contributed by atoms with van der Waals surface area (Å²) in [6.07, 6.45) is 3.92. The first-order valence-corrected chi connectivity index (χ1v) is 9.04. The van der Waals surface area contributed by atoms with Gasteiger partial charge in [-0.25, -0.2) is 9.78 Å². The van der Waals surface area contributed by atoms with Crippen molar-refractivity contribution in [3.8, 4) is 11.3 Å². The van der Waals surface area contributed by atoms with Gasteiger partial charge >= 0.3 is 5.97 Å². The monoisotopic (exact) mass is 377 g/mol. The Hall–Kier alpha value is -3.45. The van der Waals surface area contributed by atoms with Crippen LogP contribution in [0.5, 0.6) is 0 Å². The second-order valence-electron chi connectivity index (χ2n) is 5.82. The molecule has 0 atom stereocenters. The van der Waals surface area contributed by atoms with Gasteiger partial charge in [0.05, 0.1) is 18.4 Å². The molecule has 0 saturated heterocycles. The minimum atomic E-state index is -0.436. The number of hydrogen-bond acceptors (Lipinski definition) is 5. The zero-order valence-corrected chi connectivity index (χ0v) is 15.2. The van der Waals surface area contributed by atoms with Crippen LogP contribution in [-0.4, -0.2) is 28.4 Å². The molecule has 0 aliphatic carbocycles. The summed E-state index contributed by atoms with van der Waals surface area (Å²) < 4.78 is 6.62. The van der Waals surface area contributed by atoms with E-state index in [2.05, 4.69) is 15.0 Å². The number of ether oxygens (including phenoxy) is 1. The van der Waals surface area contributed by atoms with Crippen LogP contribution in [0.1, 0.15) is 20.7 Å². The summed E-state index contributed by atoms with van der Waals surface area (Å²) in [5, 5.41) is 4.85. The lowest BCUT2D eigenvalue weighted by Crippen LogP contribution is -2.12. The van der Waals surface area contributed by atoms with Crippen molar-refractivity contribution in [1.29, 1.82) is 0 Å². The van der Waals surface area contributed by atoms with Crippen molar-refractivity contribution in [2.24, 2.45) is 0 Å². The SMILES string of the molecule is COC(=O)c1ccc(C(=O)Nc2cccc(-c3cn4ccsc4n3)c2)cc1. The van der Waals surface area contributed by atoms with Crippen LogP contribution in [0, 0.1) is 0 Å². The number of thiazole rings is 1. The highest BCUT2D eigenvalue weighted by molar-refractivity contribution is 7.15. The number of aromatic nitrogens is 2. The smallest absolute Gasteiger partial charge is 0.337 e. The second kappa shape index (κ2) is 7.05. The van der Waals surface area contributed by atoms with Crippen LogP contribution in [0.2, 0.25) is 0 Å². The van der Waals surface area contributed by atoms with Crippen molar-refractivity contribution in [3.63, 3.8) is 0 Å². The lowest BCUT2D eigenvalue weighted by Gasteiger charge is -2.07. The number of esters is 1. The molecule has 2 aromatic carbocycles. The van der Waals surface area contributed by atoms with Crippen LogP contribution in [0.25, 0.3) is 16.2 Å². The number of imidazole rings is 1. The van der Waals surface area contributed by atoms with Gasteiger partial charge in [0.1, 0.15) is 0 Å². The van der Waals surface area contributed by atoms with E-state index >= 15 is 0 Å². The number of amides is 1. The van der Waals surface area contributed by atoms with Gasteiger partial charge in [0, 0.05) is 34.6 Å². The number of carbonyl (C=O) groups excluding carboxylic acids is 2. The van der Waals surface area contributed by atoms with E-state index in [1.54, 1.807) is 35.6 Å². The summed E-state index contributed by atoms with van der Waals surface area (Å²) in [7, 11) is 1.32. The minimum absolute atomic E-state index is 0.255.